The number of likely N-dealkylation sites (N-methyl/N-ethyl adjacent to an activating group) is 1. The number of fused-ring (bicyclic) bond motifs is 1. The molecular formula is C15H20N2. The molecule has 1 N–H and O–H groups in total. The quantitative estimate of drug-likeness (QED) is 0.778. The summed E-state index contributed by atoms with van der Waals surface area (Å²) in [5, 5.41) is 4.57. The van der Waals surface area contributed by atoms with Crippen molar-refractivity contribution >= 4 is 10.9 Å². The van der Waals surface area contributed by atoms with Crippen molar-refractivity contribution in [2.45, 2.75) is 19.9 Å². The van der Waals surface area contributed by atoms with E-state index in [0.29, 0.717) is 0 Å². The van der Waals surface area contributed by atoms with E-state index in [4.69, 9.17) is 0 Å². The van der Waals surface area contributed by atoms with E-state index in [2.05, 4.69) is 53.8 Å². The molecule has 2 heteroatoms. The normalized spacial score (nSPS) is 10.9. The Kier molecular flexibility index (Phi) is 3.64. The highest BCUT2D eigenvalue weighted by atomic mass is 15.0. The third-order valence-electron chi connectivity index (χ3n) is 2.96. The van der Waals surface area contributed by atoms with Crippen LogP contribution >= 0.6 is 0 Å². The number of benzene rings is 1. The van der Waals surface area contributed by atoms with E-state index in [0.717, 1.165) is 19.5 Å². The summed E-state index contributed by atoms with van der Waals surface area (Å²) in [6, 6.07) is 8.59. The number of aromatic nitrogens is 1. The van der Waals surface area contributed by atoms with Crippen molar-refractivity contribution in [3.05, 3.63) is 48.2 Å². The summed E-state index contributed by atoms with van der Waals surface area (Å²) in [4.78, 5) is 0. The zero-order valence-electron chi connectivity index (χ0n) is 10.7. The van der Waals surface area contributed by atoms with E-state index in [1.54, 1.807) is 0 Å². The predicted molar refractivity (Wildman–Crippen MR) is 74.4 cm³/mol. The highest BCUT2D eigenvalue weighted by Crippen LogP contribution is 2.22. The lowest BCUT2D eigenvalue weighted by Gasteiger charge is -2.03. The smallest absolute Gasteiger partial charge is 0.0486 e. The average molecular weight is 228 g/mol. The molecule has 0 unspecified atom stereocenters. The standard InChI is InChI=1S/C15H20N2/c1-12(2)10-17-11-13(8-9-16-3)14-6-4-5-7-15(14)17/h4-7,11,16H,1,8-10H2,2-3H3. The zero-order chi connectivity index (χ0) is 12.3. The molecule has 0 aliphatic heterocycles. The van der Waals surface area contributed by atoms with Gasteiger partial charge in [-0.1, -0.05) is 30.4 Å². The van der Waals surface area contributed by atoms with Crippen LogP contribution in [-0.4, -0.2) is 18.2 Å². The third kappa shape index (κ3) is 2.59. The maximum absolute atomic E-state index is 4.00. The van der Waals surface area contributed by atoms with E-state index in [-0.39, 0.29) is 0 Å². The number of nitrogens with one attached hydrogen (secondary N) is 1. The summed E-state index contributed by atoms with van der Waals surface area (Å²) < 4.78 is 2.29. The minimum atomic E-state index is 0.903. The largest absolute Gasteiger partial charge is 0.343 e. The van der Waals surface area contributed by atoms with Crippen LogP contribution in [-0.2, 0) is 13.0 Å². The highest BCUT2D eigenvalue weighted by molar-refractivity contribution is 5.84. The van der Waals surface area contributed by atoms with Crippen LogP contribution < -0.4 is 5.32 Å². The predicted octanol–water partition coefficient (Wildman–Crippen LogP) is 2.98. The second-order valence-electron chi connectivity index (χ2n) is 4.61. The van der Waals surface area contributed by atoms with E-state index in [9.17, 15) is 0 Å². The number of rotatable bonds is 5. The molecule has 2 aromatic rings. The van der Waals surface area contributed by atoms with Gasteiger partial charge in [-0.25, -0.2) is 0 Å². The molecular weight excluding hydrogens is 208 g/mol. The summed E-state index contributed by atoms with van der Waals surface area (Å²) in [5.41, 5.74) is 3.91. The van der Waals surface area contributed by atoms with Gasteiger partial charge in [0.25, 0.3) is 0 Å². The molecule has 1 aromatic carbocycles. The first kappa shape index (κ1) is 11.9. The van der Waals surface area contributed by atoms with Gasteiger partial charge in [-0.15, -0.1) is 0 Å². The van der Waals surface area contributed by atoms with Gasteiger partial charge in [0.05, 0.1) is 0 Å². The van der Waals surface area contributed by atoms with Gasteiger partial charge in [-0.2, -0.15) is 0 Å². The van der Waals surface area contributed by atoms with Crippen LogP contribution in [0.4, 0.5) is 0 Å². The van der Waals surface area contributed by atoms with Crippen molar-refractivity contribution in [1.29, 1.82) is 0 Å². The molecule has 90 valence electrons. The van der Waals surface area contributed by atoms with Gasteiger partial charge in [0.15, 0.2) is 0 Å². The van der Waals surface area contributed by atoms with Crippen LogP contribution in [0.25, 0.3) is 10.9 Å². The minimum Gasteiger partial charge on any atom is -0.343 e. The molecule has 0 atom stereocenters. The molecule has 17 heavy (non-hydrogen) atoms. The Hall–Kier alpha value is -1.54. The van der Waals surface area contributed by atoms with Crippen molar-refractivity contribution in [2.24, 2.45) is 0 Å². The van der Waals surface area contributed by atoms with Crippen molar-refractivity contribution in [1.82, 2.24) is 9.88 Å². The number of para-hydroxylation sites is 1. The first-order chi connectivity index (χ1) is 8.22. The summed E-state index contributed by atoms with van der Waals surface area (Å²) in [6.45, 7) is 7.98. The van der Waals surface area contributed by atoms with Crippen LogP contribution in [0.1, 0.15) is 12.5 Å². The van der Waals surface area contributed by atoms with E-state index < -0.39 is 0 Å². The fourth-order valence-corrected chi connectivity index (χ4v) is 2.20. The Morgan fingerprint density at radius 1 is 1.35 bits per heavy atom. The molecule has 0 radical (unpaired) electrons. The van der Waals surface area contributed by atoms with Gasteiger partial charge in [0.2, 0.25) is 0 Å². The fraction of sp³-hybridized carbons (Fsp3) is 0.333. The number of hydrogen-bond acceptors (Lipinski definition) is 1. The summed E-state index contributed by atoms with van der Waals surface area (Å²) >= 11 is 0. The number of hydrogen-bond donors (Lipinski definition) is 1. The maximum Gasteiger partial charge on any atom is 0.0486 e. The fourth-order valence-electron chi connectivity index (χ4n) is 2.20. The lowest BCUT2D eigenvalue weighted by Crippen LogP contribution is -2.10. The van der Waals surface area contributed by atoms with Crippen LogP contribution in [0.5, 0.6) is 0 Å². The van der Waals surface area contributed by atoms with Crippen LogP contribution in [0, 0.1) is 0 Å². The summed E-state index contributed by atoms with van der Waals surface area (Å²) in [5.74, 6) is 0. The van der Waals surface area contributed by atoms with Gasteiger partial charge in [-0.3, -0.25) is 0 Å². The number of nitrogens with zero attached hydrogens (tertiary/aromatic N) is 1. The van der Waals surface area contributed by atoms with Gasteiger partial charge >= 0.3 is 0 Å². The van der Waals surface area contributed by atoms with Crippen LogP contribution in [0.3, 0.4) is 0 Å². The molecule has 2 nitrogen and oxygen atoms in total. The molecule has 0 aliphatic carbocycles. The van der Waals surface area contributed by atoms with Gasteiger partial charge in [0.1, 0.15) is 0 Å². The summed E-state index contributed by atoms with van der Waals surface area (Å²) in [6.07, 6.45) is 3.33. The molecule has 1 heterocycles. The molecule has 0 saturated carbocycles. The van der Waals surface area contributed by atoms with Crippen molar-refractivity contribution in [3.8, 4) is 0 Å². The van der Waals surface area contributed by atoms with Gasteiger partial charge in [0, 0.05) is 23.6 Å². The highest BCUT2D eigenvalue weighted by Gasteiger charge is 2.07. The Bertz CT molecular complexity index is 523. The van der Waals surface area contributed by atoms with Crippen LogP contribution in [0.2, 0.25) is 0 Å². The van der Waals surface area contributed by atoms with Crippen molar-refractivity contribution in [3.63, 3.8) is 0 Å². The van der Waals surface area contributed by atoms with E-state index in [1.165, 1.54) is 22.0 Å². The third-order valence-corrected chi connectivity index (χ3v) is 2.96. The molecule has 0 saturated heterocycles. The summed E-state index contributed by atoms with van der Waals surface area (Å²) in [7, 11) is 1.99. The number of allylic oxidation sites excluding steroid dienone is 1. The minimum absolute atomic E-state index is 0.903. The lowest BCUT2D eigenvalue weighted by atomic mass is 10.1. The second-order valence-corrected chi connectivity index (χ2v) is 4.61. The molecule has 0 amide bonds. The van der Waals surface area contributed by atoms with E-state index >= 15 is 0 Å². The van der Waals surface area contributed by atoms with Crippen molar-refractivity contribution < 1.29 is 0 Å². The Labute approximate surface area is 103 Å². The lowest BCUT2D eigenvalue weighted by molar-refractivity contribution is 0.780. The molecule has 2 rings (SSSR count). The topological polar surface area (TPSA) is 17.0 Å². The second kappa shape index (κ2) is 5.19. The van der Waals surface area contributed by atoms with Gasteiger partial charge < -0.3 is 9.88 Å². The molecule has 0 fully saturated rings. The zero-order valence-corrected chi connectivity index (χ0v) is 10.7. The molecule has 1 aromatic heterocycles. The monoisotopic (exact) mass is 228 g/mol. The first-order valence-corrected chi connectivity index (χ1v) is 6.08. The van der Waals surface area contributed by atoms with Crippen molar-refractivity contribution in [2.75, 3.05) is 13.6 Å². The van der Waals surface area contributed by atoms with Gasteiger partial charge in [-0.05, 0) is 38.6 Å². The average Bonchev–Trinajstić information content (AvgIpc) is 2.65. The molecule has 0 bridgehead atoms. The molecule has 0 aliphatic rings. The van der Waals surface area contributed by atoms with E-state index in [1.807, 2.05) is 7.05 Å². The first-order valence-electron chi connectivity index (χ1n) is 6.08. The van der Waals surface area contributed by atoms with Crippen LogP contribution in [0.15, 0.2) is 42.6 Å². The Morgan fingerprint density at radius 3 is 2.82 bits per heavy atom. The Balaban J connectivity index is 2.42. The SMILES string of the molecule is C=C(C)Cn1cc(CCNC)c2ccccc21. The maximum atomic E-state index is 4.00. The molecule has 0 spiro atoms. The Morgan fingerprint density at radius 2 is 2.12 bits per heavy atom.